The standard InChI is InChI=1S/C17H27N3O/c1-3-20(4-2)17(21)15-7-5-14(6-8-15)13-19-11-9-16(18)10-12-19/h5-8,16H,3-4,9-13,18H2,1-2H3. The molecule has 1 heterocycles. The van der Waals surface area contributed by atoms with Crippen molar-refractivity contribution in [1.82, 2.24) is 9.80 Å². The average molecular weight is 289 g/mol. The molecule has 4 heteroatoms. The van der Waals surface area contributed by atoms with Gasteiger partial charge >= 0.3 is 0 Å². The summed E-state index contributed by atoms with van der Waals surface area (Å²) in [7, 11) is 0. The highest BCUT2D eigenvalue weighted by Crippen LogP contribution is 2.14. The smallest absolute Gasteiger partial charge is 0.253 e. The topological polar surface area (TPSA) is 49.6 Å². The van der Waals surface area contributed by atoms with Gasteiger partial charge in [-0.25, -0.2) is 0 Å². The SMILES string of the molecule is CCN(CC)C(=O)c1ccc(CN2CCC(N)CC2)cc1. The van der Waals surface area contributed by atoms with Gasteiger partial charge in [-0.2, -0.15) is 0 Å². The van der Waals surface area contributed by atoms with E-state index >= 15 is 0 Å². The molecule has 0 atom stereocenters. The van der Waals surface area contributed by atoms with Gasteiger partial charge < -0.3 is 10.6 Å². The molecule has 4 nitrogen and oxygen atoms in total. The Labute approximate surface area is 127 Å². The molecule has 2 N–H and O–H groups in total. The van der Waals surface area contributed by atoms with Crippen molar-refractivity contribution in [3.05, 3.63) is 35.4 Å². The number of nitrogens with two attached hydrogens (primary N) is 1. The molecule has 1 fully saturated rings. The molecule has 0 aliphatic carbocycles. The van der Waals surface area contributed by atoms with E-state index in [1.165, 1.54) is 5.56 Å². The lowest BCUT2D eigenvalue weighted by Crippen LogP contribution is -2.39. The first kappa shape index (κ1) is 16.0. The van der Waals surface area contributed by atoms with Crippen molar-refractivity contribution >= 4 is 5.91 Å². The lowest BCUT2D eigenvalue weighted by Gasteiger charge is -2.30. The van der Waals surface area contributed by atoms with Crippen molar-refractivity contribution in [2.45, 2.75) is 39.3 Å². The van der Waals surface area contributed by atoms with Gasteiger partial charge in [0.1, 0.15) is 0 Å². The number of carbonyl (C=O) groups is 1. The largest absolute Gasteiger partial charge is 0.339 e. The van der Waals surface area contributed by atoms with Crippen LogP contribution in [0.1, 0.15) is 42.6 Å². The first-order valence-corrected chi connectivity index (χ1v) is 8.00. The molecule has 1 aliphatic heterocycles. The minimum atomic E-state index is 0.121. The molecule has 0 spiro atoms. The van der Waals surface area contributed by atoms with Crippen molar-refractivity contribution in [1.29, 1.82) is 0 Å². The summed E-state index contributed by atoms with van der Waals surface area (Å²) >= 11 is 0. The summed E-state index contributed by atoms with van der Waals surface area (Å²) < 4.78 is 0. The Morgan fingerprint density at radius 1 is 1.19 bits per heavy atom. The molecule has 1 aromatic carbocycles. The average Bonchev–Trinajstić information content (AvgIpc) is 2.51. The van der Waals surface area contributed by atoms with Crippen LogP contribution in [-0.2, 0) is 6.54 Å². The van der Waals surface area contributed by atoms with Crippen LogP contribution in [-0.4, -0.2) is 47.9 Å². The van der Waals surface area contributed by atoms with Crippen LogP contribution >= 0.6 is 0 Å². The quantitative estimate of drug-likeness (QED) is 0.903. The van der Waals surface area contributed by atoms with Gasteiger partial charge in [0.15, 0.2) is 0 Å². The van der Waals surface area contributed by atoms with E-state index in [-0.39, 0.29) is 5.91 Å². The third-order valence-electron chi connectivity index (χ3n) is 4.29. The number of carbonyl (C=O) groups excluding carboxylic acids is 1. The lowest BCUT2D eigenvalue weighted by molar-refractivity contribution is 0.0773. The zero-order chi connectivity index (χ0) is 15.2. The van der Waals surface area contributed by atoms with Crippen molar-refractivity contribution in [3.63, 3.8) is 0 Å². The molecule has 116 valence electrons. The molecular weight excluding hydrogens is 262 g/mol. The molecule has 21 heavy (non-hydrogen) atoms. The number of likely N-dealkylation sites (tertiary alicyclic amines) is 1. The Morgan fingerprint density at radius 3 is 2.29 bits per heavy atom. The van der Waals surface area contributed by atoms with Gasteiger partial charge in [0, 0.05) is 31.2 Å². The van der Waals surface area contributed by atoms with E-state index in [2.05, 4.69) is 17.0 Å². The van der Waals surface area contributed by atoms with Crippen LogP contribution in [0.2, 0.25) is 0 Å². The maximum atomic E-state index is 12.2. The molecule has 0 aromatic heterocycles. The van der Waals surface area contributed by atoms with Crippen LogP contribution in [0, 0.1) is 0 Å². The van der Waals surface area contributed by atoms with E-state index in [4.69, 9.17) is 5.73 Å². The van der Waals surface area contributed by atoms with E-state index in [9.17, 15) is 4.79 Å². The number of benzene rings is 1. The monoisotopic (exact) mass is 289 g/mol. The number of hydrogen-bond donors (Lipinski definition) is 1. The number of rotatable bonds is 5. The predicted molar refractivity (Wildman–Crippen MR) is 86.2 cm³/mol. The van der Waals surface area contributed by atoms with Crippen molar-refractivity contribution in [2.24, 2.45) is 5.73 Å². The van der Waals surface area contributed by atoms with Gasteiger partial charge in [-0.3, -0.25) is 9.69 Å². The molecule has 1 aliphatic rings. The summed E-state index contributed by atoms with van der Waals surface area (Å²) in [6.07, 6.45) is 2.16. The first-order chi connectivity index (χ1) is 10.1. The van der Waals surface area contributed by atoms with Gasteiger partial charge in [-0.05, 0) is 57.5 Å². The van der Waals surface area contributed by atoms with E-state index in [1.807, 2.05) is 30.9 Å². The van der Waals surface area contributed by atoms with Gasteiger partial charge in [0.25, 0.3) is 5.91 Å². The van der Waals surface area contributed by atoms with Crippen molar-refractivity contribution < 1.29 is 4.79 Å². The van der Waals surface area contributed by atoms with Crippen molar-refractivity contribution in [3.8, 4) is 0 Å². The van der Waals surface area contributed by atoms with Crippen LogP contribution in [0.25, 0.3) is 0 Å². The summed E-state index contributed by atoms with van der Waals surface area (Å²) in [6, 6.07) is 8.42. The van der Waals surface area contributed by atoms with E-state index in [0.717, 1.165) is 51.1 Å². The highest BCUT2D eigenvalue weighted by Gasteiger charge is 2.16. The lowest BCUT2D eigenvalue weighted by atomic mass is 10.0. The van der Waals surface area contributed by atoms with Gasteiger partial charge in [-0.15, -0.1) is 0 Å². The zero-order valence-corrected chi connectivity index (χ0v) is 13.2. The predicted octanol–water partition coefficient (Wildman–Crippen LogP) is 2.09. The normalized spacial score (nSPS) is 16.9. The Bertz CT molecular complexity index is 446. The second kappa shape index (κ2) is 7.57. The number of piperidine rings is 1. The molecule has 0 bridgehead atoms. The summed E-state index contributed by atoms with van der Waals surface area (Å²) in [4.78, 5) is 16.5. The molecular formula is C17H27N3O. The Morgan fingerprint density at radius 2 is 1.76 bits per heavy atom. The Hall–Kier alpha value is -1.39. The second-order valence-electron chi connectivity index (χ2n) is 5.79. The third kappa shape index (κ3) is 4.29. The molecule has 0 saturated carbocycles. The van der Waals surface area contributed by atoms with Crippen LogP contribution in [0.5, 0.6) is 0 Å². The minimum absolute atomic E-state index is 0.121. The third-order valence-corrected chi connectivity index (χ3v) is 4.29. The molecule has 1 saturated heterocycles. The zero-order valence-electron chi connectivity index (χ0n) is 13.2. The Kier molecular flexibility index (Phi) is 5.76. The molecule has 0 radical (unpaired) electrons. The fraction of sp³-hybridized carbons (Fsp3) is 0.588. The van der Waals surface area contributed by atoms with Gasteiger partial charge in [-0.1, -0.05) is 12.1 Å². The van der Waals surface area contributed by atoms with Gasteiger partial charge in [0.05, 0.1) is 0 Å². The number of nitrogens with zero attached hydrogens (tertiary/aromatic N) is 2. The highest BCUT2D eigenvalue weighted by molar-refractivity contribution is 5.94. The number of hydrogen-bond acceptors (Lipinski definition) is 3. The summed E-state index contributed by atoms with van der Waals surface area (Å²) in [5, 5.41) is 0. The minimum Gasteiger partial charge on any atom is -0.339 e. The van der Waals surface area contributed by atoms with E-state index in [1.54, 1.807) is 0 Å². The molecule has 1 aromatic rings. The highest BCUT2D eigenvalue weighted by atomic mass is 16.2. The first-order valence-electron chi connectivity index (χ1n) is 8.00. The van der Waals surface area contributed by atoms with Crippen LogP contribution in [0.15, 0.2) is 24.3 Å². The van der Waals surface area contributed by atoms with E-state index < -0.39 is 0 Å². The summed E-state index contributed by atoms with van der Waals surface area (Å²) in [6.45, 7) is 8.62. The second-order valence-corrected chi connectivity index (χ2v) is 5.79. The Balaban J connectivity index is 1.94. The fourth-order valence-corrected chi connectivity index (χ4v) is 2.82. The van der Waals surface area contributed by atoms with Crippen molar-refractivity contribution in [2.75, 3.05) is 26.2 Å². The van der Waals surface area contributed by atoms with Crippen LogP contribution in [0.3, 0.4) is 0 Å². The fourth-order valence-electron chi connectivity index (χ4n) is 2.82. The molecule has 0 unspecified atom stereocenters. The van der Waals surface area contributed by atoms with Crippen LogP contribution in [0.4, 0.5) is 0 Å². The number of amides is 1. The van der Waals surface area contributed by atoms with Gasteiger partial charge in [0.2, 0.25) is 0 Å². The maximum Gasteiger partial charge on any atom is 0.253 e. The molecule has 2 rings (SSSR count). The summed E-state index contributed by atoms with van der Waals surface area (Å²) in [5.74, 6) is 0.121. The maximum absolute atomic E-state index is 12.2. The van der Waals surface area contributed by atoms with Crippen LogP contribution < -0.4 is 5.73 Å². The summed E-state index contributed by atoms with van der Waals surface area (Å²) in [5.41, 5.74) is 7.98. The van der Waals surface area contributed by atoms with E-state index in [0.29, 0.717) is 6.04 Å². The molecule has 1 amide bonds.